The minimum atomic E-state index is -0.273. The molecule has 1 amide bonds. The molecule has 0 aromatic carbocycles. The average molecular weight is 341 g/mol. The molecule has 0 spiro atoms. The van der Waals surface area contributed by atoms with Crippen LogP contribution >= 0.6 is 0 Å². The van der Waals surface area contributed by atoms with Crippen molar-refractivity contribution in [2.45, 2.75) is 38.3 Å². The van der Waals surface area contributed by atoms with E-state index in [0.717, 1.165) is 5.69 Å². The van der Waals surface area contributed by atoms with Crippen LogP contribution in [0.3, 0.4) is 0 Å². The second kappa shape index (κ2) is 8.07. The van der Waals surface area contributed by atoms with Gasteiger partial charge in [0.1, 0.15) is 5.56 Å². The van der Waals surface area contributed by atoms with E-state index in [1.54, 1.807) is 24.5 Å². The molecule has 1 aliphatic rings. The molecule has 2 aromatic heterocycles. The molecule has 1 saturated carbocycles. The van der Waals surface area contributed by atoms with Gasteiger partial charge in [0.25, 0.3) is 5.91 Å². The highest BCUT2D eigenvalue weighted by atomic mass is 16.5. The molecular formula is C19H23N3O3. The minimum Gasteiger partial charge on any atom is -0.477 e. The maximum absolute atomic E-state index is 12.8. The number of carbonyl (C=O) groups is 1. The first-order valence-electron chi connectivity index (χ1n) is 8.64. The van der Waals surface area contributed by atoms with Crippen molar-refractivity contribution in [3.8, 4) is 5.88 Å². The van der Waals surface area contributed by atoms with E-state index in [-0.39, 0.29) is 24.0 Å². The maximum atomic E-state index is 12.8. The SMILES string of the molecule is CCOc1ncccc1C(=O)N[C@@H](Cc1ccccn1)C1CC(O)C1. The van der Waals surface area contributed by atoms with E-state index in [1.807, 2.05) is 25.1 Å². The number of carbonyl (C=O) groups excluding carboxylic acids is 1. The highest BCUT2D eigenvalue weighted by Gasteiger charge is 2.35. The van der Waals surface area contributed by atoms with Crippen molar-refractivity contribution in [1.29, 1.82) is 0 Å². The van der Waals surface area contributed by atoms with Gasteiger partial charge in [-0.25, -0.2) is 4.98 Å². The Kier molecular flexibility index (Phi) is 5.60. The van der Waals surface area contributed by atoms with E-state index in [9.17, 15) is 9.90 Å². The predicted molar refractivity (Wildman–Crippen MR) is 93.3 cm³/mol. The molecular weight excluding hydrogens is 318 g/mol. The second-order valence-electron chi connectivity index (χ2n) is 6.28. The van der Waals surface area contributed by atoms with Crippen LogP contribution in [0.4, 0.5) is 0 Å². The Morgan fingerprint density at radius 1 is 1.28 bits per heavy atom. The van der Waals surface area contributed by atoms with Gasteiger partial charge in [0.2, 0.25) is 5.88 Å². The third-order valence-electron chi connectivity index (χ3n) is 4.49. The van der Waals surface area contributed by atoms with Gasteiger partial charge in [-0.1, -0.05) is 6.07 Å². The number of nitrogens with one attached hydrogen (secondary N) is 1. The molecule has 25 heavy (non-hydrogen) atoms. The van der Waals surface area contributed by atoms with E-state index in [2.05, 4.69) is 15.3 Å². The summed E-state index contributed by atoms with van der Waals surface area (Å²) in [6.07, 6.45) is 5.11. The summed E-state index contributed by atoms with van der Waals surface area (Å²) in [6, 6.07) is 9.10. The highest BCUT2D eigenvalue weighted by Crippen LogP contribution is 2.32. The number of amides is 1. The van der Waals surface area contributed by atoms with Gasteiger partial charge in [-0.05, 0) is 49.9 Å². The third-order valence-corrected chi connectivity index (χ3v) is 4.49. The summed E-state index contributed by atoms with van der Waals surface area (Å²) in [5, 5.41) is 12.7. The lowest BCUT2D eigenvalue weighted by Gasteiger charge is -2.38. The van der Waals surface area contributed by atoms with Gasteiger partial charge >= 0.3 is 0 Å². The molecule has 132 valence electrons. The van der Waals surface area contributed by atoms with Crippen LogP contribution in [0.1, 0.15) is 35.8 Å². The number of aromatic nitrogens is 2. The summed E-state index contributed by atoms with van der Waals surface area (Å²) in [7, 11) is 0. The molecule has 0 bridgehead atoms. The van der Waals surface area contributed by atoms with Crippen molar-refractivity contribution in [2.75, 3.05) is 6.61 Å². The van der Waals surface area contributed by atoms with Crippen molar-refractivity contribution < 1.29 is 14.6 Å². The summed E-state index contributed by atoms with van der Waals surface area (Å²) >= 11 is 0. The van der Waals surface area contributed by atoms with Crippen molar-refractivity contribution >= 4 is 5.91 Å². The first-order valence-corrected chi connectivity index (χ1v) is 8.64. The molecule has 2 aromatic rings. The summed E-state index contributed by atoms with van der Waals surface area (Å²) < 4.78 is 5.45. The number of rotatable bonds is 7. The molecule has 0 unspecified atom stereocenters. The first-order chi connectivity index (χ1) is 12.2. The lowest BCUT2D eigenvalue weighted by atomic mass is 9.76. The molecule has 6 heteroatoms. The number of hydrogen-bond acceptors (Lipinski definition) is 5. The molecule has 1 aliphatic carbocycles. The number of aliphatic hydroxyl groups excluding tert-OH is 1. The van der Waals surface area contributed by atoms with Gasteiger partial charge < -0.3 is 15.2 Å². The fourth-order valence-electron chi connectivity index (χ4n) is 3.10. The van der Waals surface area contributed by atoms with Gasteiger partial charge in [-0.2, -0.15) is 0 Å². The van der Waals surface area contributed by atoms with Crippen LogP contribution in [0.2, 0.25) is 0 Å². The fraction of sp³-hybridized carbons (Fsp3) is 0.421. The van der Waals surface area contributed by atoms with Crippen LogP contribution < -0.4 is 10.1 Å². The average Bonchev–Trinajstić information content (AvgIpc) is 2.60. The van der Waals surface area contributed by atoms with Crippen LogP contribution in [0, 0.1) is 5.92 Å². The van der Waals surface area contributed by atoms with Crippen molar-refractivity contribution in [3.05, 3.63) is 54.0 Å². The van der Waals surface area contributed by atoms with E-state index < -0.39 is 0 Å². The Hall–Kier alpha value is -2.47. The van der Waals surface area contributed by atoms with Crippen LogP contribution in [-0.4, -0.2) is 39.7 Å². The Bertz CT molecular complexity index is 702. The van der Waals surface area contributed by atoms with E-state index in [1.165, 1.54) is 0 Å². The molecule has 0 aliphatic heterocycles. The summed E-state index contributed by atoms with van der Waals surface area (Å²) in [5.74, 6) is 0.375. The largest absolute Gasteiger partial charge is 0.477 e. The molecule has 1 atom stereocenters. The smallest absolute Gasteiger partial charge is 0.257 e. The molecule has 6 nitrogen and oxygen atoms in total. The zero-order valence-corrected chi connectivity index (χ0v) is 14.3. The molecule has 0 saturated heterocycles. The quantitative estimate of drug-likeness (QED) is 0.804. The van der Waals surface area contributed by atoms with Crippen LogP contribution in [-0.2, 0) is 6.42 Å². The minimum absolute atomic E-state index is 0.0829. The van der Waals surface area contributed by atoms with Crippen LogP contribution in [0.15, 0.2) is 42.7 Å². The Morgan fingerprint density at radius 2 is 2.08 bits per heavy atom. The Morgan fingerprint density at radius 3 is 2.76 bits per heavy atom. The van der Waals surface area contributed by atoms with Crippen molar-refractivity contribution in [1.82, 2.24) is 15.3 Å². The zero-order chi connectivity index (χ0) is 17.6. The van der Waals surface area contributed by atoms with Gasteiger partial charge in [0.05, 0.1) is 12.7 Å². The lowest BCUT2D eigenvalue weighted by Crippen LogP contribution is -2.48. The summed E-state index contributed by atoms with van der Waals surface area (Å²) in [4.78, 5) is 21.2. The monoisotopic (exact) mass is 341 g/mol. The number of ether oxygens (including phenoxy) is 1. The van der Waals surface area contributed by atoms with E-state index >= 15 is 0 Å². The zero-order valence-electron chi connectivity index (χ0n) is 14.3. The van der Waals surface area contributed by atoms with Gasteiger partial charge in [0, 0.05) is 30.6 Å². The molecule has 2 heterocycles. The van der Waals surface area contributed by atoms with E-state index in [4.69, 9.17) is 4.74 Å². The molecule has 1 fully saturated rings. The molecule has 0 radical (unpaired) electrons. The van der Waals surface area contributed by atoms with Gasteiger partial charge in [-0.15, -0.1) is 0 Å². The normalized spacial score (nSPS) is 20.4. The van der Waals surface area contributed by atoms with Crippen LogP contribution in [0.5, 0.6) is 5.88 Å². The predicted octanol–water partition coefficient (Wildman–Crippen LogP) is 1.99. The third kappa shape index (κ3) is 4.33. The summed E-state index contributed by atoms with van der Waals surface area (Å²) in [6.45, 7) is 2.31. The number of nitrogens with zero attached hydrogens (tertiary/aromatic N) is 2. The van der Waals surface area contributed by atoms with E-state index in [0.29, 0.717) is 37.3 Å². The molecule has 2 N–H and O–H groups in total. The Labute approximate surface area is 147 Å². The second-order valence-corrected chi connectivity index (χ2v) is 6.28. The highest BCUT2D eigenvalue weighted by molar-refractivity contribution is 5.96. The van der Waals surface area contributed by atoms with Gasteiger partial charge in [-0.3, -0.25) is 9.78 Å². The van der Waals surface area contributed by atoms with Gasteiger partial charge in [0.15, 0.2) is 0 Å². The number of aliphatic hydroxyl groups is 1. The lowest BCUT2D eigenvalue weighted by molar-refractivity contribution is 0.0237. The number of pyridine rings is 2. The topological polar surface area (TPSA) is 84.3 Å². The van der Waals surface area contributed by atoms with Crippen molar-refractivity contribution in [3.63, 3.8) is 0 Å². The number of hydrogen-bond donors (Lipinski definition) is 2. The summed E-state index contributed by atoms with van der Waals surface area (Å²) in [5.41, 5.74) is 1.35. The standard InChI is InChI=1S/C19H23N3O3/c1-2-25-19-16(7-5-9-21-19)18(24)22-17(13-10-15(23)11-13)12-14-6-3-4-8-20-14/h3-9,13,15,17,23H,2,10-12H2,1H3,(H,22,24)/t13?,15?,17-/m0/s1. The van der Waals surface area contributed by atoms with Crippen molar-refractivity contribution in [2.24, 2.45) is 5.92 Å². The Balaban J connectivity index is 1.74. The first kappa shape index (κ1) is 17.4. The van der Waals surface area contributed by atoms with Crippen LogP contribution in [0.25, 0.3) is 0 Å². The fourth-order valence-corrected chi connectivity index (χ4v) is 3.10. The molecule has 3 rings (SSSR count). The maximum Gasteiger partial charge on any atom is 0.257 e.